The maximum absolute atomic E-state index is 13.0. The predicted octanol–water partition coefficient (Wildman–Crippen LogP) is 5.28. The van der Waals surface area contributed by atoms with Crippen molar-refractivity contribution >= 4 is 23.5 Å². The number of carbonyl (C=O) groups is 3. The molecule has 4 rings (SSSR count). The Labute approximate surface area is 181 Å². The number of rotatable bonds is 5. The Morgan fingerprint density at radius 3 is 2.26 bits per heavy atom. The molecule has 0 aliphatic carbocycles. The maximum atomic E-state index is 13.0. The minimum Gasteiger partial charge on any atom is -0.457 e. The van der Waals surface area contributed by atoms with E-state index in [1.165, 1.54) is 23.8 Å². The number of esters is 1. The molecule has 156 valence electrons. The van der Waals surface area contributed by atoms with Crippen molar-refractivity contribution in [3.8, 4) is 0 Å². The number of anilines is 1. The molecule has 0 fully saturated rings. The number of fused-ring (bicyclic) bond motifs is 1. The van der Waals surface area contributed by atoms with E-state index in [1.54, 1.807) is 12.1 Å². The molecule has 0 saturated carbocycles. The van der Waals surface area contributed by atoms with Gasteiger partial charge in [0, 0.05) is 0 Å². The molecule has 0 spiro atoms. The van der Waals surface area contributed by atoms with Crippen LogP contribution >= 0.6 is 0 Å². The van der Waals surface area contributed by atoms with Crippen LogP contribution in [0.2, 0.25) is 0 Å². The Kier molecular flexibility index (Phi) is 5.42. The summed E-state index contributed by atoms with van der Waals surface area (Å²) in [6, 6.07) is 19.6. The highest BCUT2D eigenvalue weighted by molar-refractivity contribution is 6.34. The maximum Gasteiger partial charge on any atom is 0.338 e. The largest absolute Gasteiger partial charge is 0.457 e. The van der Waals surface area contributed by atoms with E-state index in [0.717, 1.165) is 16.0 Å². The smallest absolute Gasteiger partial charge is 0.338 e. The highest BCUT2D eigenvalue weighted by Gasteiger charge is 2.37. The first-order valence-electron chi connectivity index (χ1n) is 10.2. The molecule has 1 aliphatic rings. The first-order valence-corrected chi connectivity index (χ1v) is 10.2. The van der Waals surface area contributed by atoms with Crippen LogP contribution in [0.1, 0.15) is 67.5 Å². The van der Waals surface area contributed by atoms with Gasteiger partial charge in [0.2, 0.25) is 0 Å². The van der Waals surface area contributed by atoms with E-state index >= 15 is 0 Å². The van der Waals surface area contributed by atoms with Crippen molar-refractivity contribution in [1.29, 1.82) is 0 Å². The summed E-state index contributed by atoms with van der Waals surface area (Å²) >= 11 is 0. The van der Waals surface area contributed by atoms with Crippen molar-refractivity contribution in [2.45, 2.75) is 33.3 Å². The monoisotopic (exact) mass is 413 g/mol. The van der Waals surface area contributed by atoms with Crippen LogP contribution in [0.3, 0.4) is 0 Å². The number of amides is 2. The quantitative estimate of drug-likeness (QED) is 0.422. The van der Waals surface area contributed by atoms with Crippen molar-refractivity contribution < 1.29 is 19.1 Å². The number of hydrogen-bond acceptors (Lipinski definition) is 4. The van der Waals surface area contributed by atoms with E-state index < -0.39 is 11.9 Å². The number of carbonyl (C=O) groups excluding carboxylic acids is 3. The van der Waals surface area contributed by atoms with Gasteiger partial charge in [0.15, 0.2) is 0 Å². The zero-order valence-corrected chi connectivity index (χ0v) is 17.7. The van der Waals surface area contributed by atoms with Crippen LogP contribution in [0.4, 0.5) is 5.69 Å². The average molecular weight is 413 g/mol. The van der Waals surface area contributed by atoms with E-state index in [-0.39, 0.29) is 29.2 Å². The lowest BCUT2D eigenvalue weighted by atomic mass is 10.0. The second kappa shape index (κ2) is 8.19. The molecule has 3 aromatic carbocycles. The van der Waals surface area contributed by atoms with E-state index in [2.05, 4.69) is 13.8 Å². The Balaban J connectivity index is 1.51. The van der Waals surface area contributed by atoms with Crippen LogP contribution in [0.25, 0.3) is 0 Å². The molecule has 0 N–H and O–H groups in total. The Morgan fingerprint density at radius 2 is 1.58 bits per heavy atom. The summed E-state index contributed by atoms with van der Waals surface area (Å²) in [6.45, 7) is 6.22. The van der Waals surface area contributed by atoms with Crippen molar-refractivity contribution in [3.63, 3.8) is 0 Å². The van der Waals surface area contributed by atoms with Gasteiger partial charge in [-0.15, -0.1) is 0 Å². The molecule has 0 saturated heterocycles. The molecule has 3 aromatic rings. The van der Waals surface area contributed by atoms with Crippen LogP contribution in [0.5, 0.6) is 0 Å². The summed E-state index contributed by atoms with van der Waals surface area (Å²) in [4.78, 5) is 39.5. The lowest BCUT2D eigenvalue weighted by Crippen LogP contribution is -2.29. The highest BCUT2D eigenvalue weighted by Crippen LogP contribution is 2.31. The van der Waals surface area contributed by atoms with Gasteiger partial charge in [-0.2, -0.15) is 0 Å². The molecule has 5 nitrogen and oxygen atoms in total. The highest BCUT2D eigenvalue weighted by atomic mass is 16.5. The van der Waals surface area contributed by atoms with Gasteiger partial charge in [0.05, 0.1) is 22.4 Å². The Morgan fingerprint density at radius 1 is 0.903 bits per heavy atom. The van der Waals surface area contributed by atoms with Gasteiger partial charge >= 0.3 is 5.97 Å². The first-order chi connectivity index (χ1) is 14.9. The van der Waals surface area contributed by atoms with Crippen LogP contribution < -0.4 is 4.90 Å². The van der Waals surface area contributed by atoms with Gasteiger partial charge in [0.1, 0.15) is 6.61 Å². The van der Waals surface area contributed by atoms with E-state index in [0.29, 0.717) is 11.6 Å². The normalized spacial score (nSPS) is 13.0. The number of nitrogens with zero attached hydrogens (tertiary/aromatic N) is 1. The molecule has 0 radical (unpaired) electrons. The SMILES string of the molecule is Cc1ccccc1N1C(=O)c2ccc(C(=O)OCc3ccc(C(C)C)cc3)cc2C1=O. The number of ether oxygens (including phenoxy) is 1. The fourth-order valence-corrected chi connectivity index (χ4v) is 3.63. The molecule has 0 bridgehead atoms. The second-order valence-corrected chi connectivity index (χ2v) is 7.96. The molecule has 1 heterocycles. The minimum atomic E-state index is -0.537. The summed E-state index contributed by atoms with van der Waals surface area (Å²) in [5.41, 5.74) is 4.21. The molecule has 0 atom stereocenters. The third-order valence-electron chi connectivity index (χ3n) is 5.49. The lowest BCUT2D eigenvalue weighted by Gasteiger charge is -2.16. The van der Waals surface area contributed by atoms with Gasteiger partial charge in [-0.3, -0.25) is 9.59 Å². The zero-order valence-electron chi connectivity index (χ0n) is 17.7. The summed E-state index contributed by atoms with van der Waals surface area (Å²) in [7, 11) is 0. The molecule has 2 amide bonds. The minimum absolute atomic E-state index is 0.135. The van der Waals surface area contributed by atoms with Gasteiger partial charge in [-0.1, -0.05) is 56.3 Å². The number of hydrogen-bond donors (Lipinski definition) is 0. The molecule has 1 aliphatic heterocycles. The number of imide groups is 1. The summed E-state index contributed by atoms with van der Waals surface area (Å²) < 4.78 is 5.42. The Hall–Kier alpha value is -3.73. The van der Waals surface area contributed by atoms with Gasteiger partial charge in [0.25, 0.3) is 11.8 Å². The Bertz CT molecular complexity index is 1180. The van der Waals surface area contributed by atoms with Gasteiger partial charge in [-0.05, 0) is 53.8 Å². The van der Waals surface area contributed by atoms with E-state index in [1.807, 2.05) is 43.3 Å². The second-order valence-electron chi connectivity index (χ2n) is 7.96. The van der Waals surface area contributed by atoms with Crippen LogP contribution in [-0.4, -0.2) is 17.8 Å². The number of para-hydroxylation sites is 1. The summed E-state index contributed by atoms with van der Waals surface area (Å²) in [5, 5.41) is 0. The van der Waals surface area contributed by atoms with E-state index in [4.69, 9.17) is 4.74 Å². The predicted molar refractivity (Wildman–Crippen MR) is 118 cm³/mol. The van der Waals surface area contributed by atoms with Crippen LogP contribution in [0, 0.1) is 6.92 Å². The number of aryl methyl sites for hydroxylation is 1. The molecule has 5 heteroatoms. The van der Waals surface area contributed by atoms with Crippen LogP contribution in [-0.2, 0) is 11.3 Å². The standard InChI is InChI=1S/C26H23NO4/c1-16(2)19-10-8-18(9-11-19)15-31-26(30)20-12-13-21-22(14-20)25(29)27(24(21)28)23-7-5-4-6-17(23)3/h4-14,16H,15H2,1-3H3. The van der Waals surface area contributed by atoms with E-state index in [9.17, 15) is 14.4 Å². The third-order valence-corrected chi connectivity index (χ3v) is 5.49. The third kappa shape index (κ3) is 3.87. The topological polar surface area (TPSA) is 63.7 Å². The fraction of sp³-hybridized carbons (Fsp3) is 0.192. The number of benzene rings is 3. The van der Waals surface area contributed by atoms with Gasteiger partial charge in [-0.25, -0.2) is 9.69 Å². The van der Waals surface area contributed by atoms with Crippen molar-refractivity contribution in [2.24, 2.45) is 0 Å². The summed E-state index contributed by atoms with van der Waals surface area (Å²) in [6.07, 6.45) is 0. The molecule has 31 heavy (non-hydrogen) atoms. The molecular weight excluding hydrogens is 390 g/mol. The van der Waals surface area contributed by atoms with Crippen molar-refractivity contribution in [1.82, 2.24) is 0 Å². The molecule has 0 unspecified atom stereocenters. The first kappa shape index (κ1) is 20.5. The molecule has 0 aromatic heterocycles. The average Bonchev–Trinajstić information content (AvgIpc) is 3.02. The van der Waals surface area contributed by atoms with Crippen LogP contribution in [0.15, 0.2) is 66.7 Å². The van der Waals surface area contributed by atoms with Gasteiger partial charge < -0.3 is 4.74 Å². The van der Waals surface area contributed by atoms with Crippen molar-refractivity contribution in [3.05, 3.63) is 100 Å². The van der Waals surface area contributed by atoms with Crippen molar-refractivity contribution in [2.75, 3.05) is 4.90 Å². The summed E-state index contributed by atoms with van der Waals surface area (Å²) in [5.74, 6) is -0.930. The zero-order chi connectivity index (χ0) is 22.1. The molecular formula is C26H23NO4. The fourth-order valence-electron chi connectivity index (χ4n) is 3.63. The lowest BCUT2D eigenvalue weighted by molar-refractivity contribution is 0.0472.